The SMILES string of the molecule is CCNC(=NCC1CCN(c2cccc(OC)c2)C1)NCCc1ccco1. The molecule has 1 unspecified atom stereocenters. The summed E-state index contributed by atoms with van der Waals surface area (Å²) in [5, 5.41) is 6.71. The highest BCUT2D eigenvalue weighted by atomic mass is 16.5. The highest BCUT2D eigenvalue weighted by Gasteiger charge is 2.22. The van der Waals surface area contributed by atoms with E-state index in [2.05, 4.69) is 34.6 Å². The van der Waals surface area contributed by atoms with Gasteiger partial charge in [0.15, 0.2) is 5.96 Å². The van der Waals surface area contributed by atoms with Crippen molar-refractivity contribution in [1.82, 2.24) is 10.6 Å². The molecule has 0 radical (unpaired) electrons. The van der Waals surface area contributed by atoms with E-state index in [1.807, 2.05) is 24.3 Å². The summed E-state index contributed by atoms with van der Waals surface area (Å²) < 4.78 is 10.7. The average Bonchev–Trinajstić information content (AvgIpc) is 3.38. The fourth-order valence-electron chi connectivity index (χ4n) is 3.34. The van der Waals surface area contributed by atoms with Crippen LogP contribution in [0.5, 0.6) is 5.75 Å². The predicted molar refractivity (Wildman–Crippen MR) is 110 cm³/mol. The molecule has 0 aliphatic carbocycles. The maximum absolute atomic E-state index is 5.37. The van der Waals surface area contributed by atoms with E-state index in [-0.39, 0.29) is 0 Å². The Morgan fingerprint density at radius 3 is 3.00 bits per heavy atom. The Balaban J connectivity index is 1.48. The zero-order valence-electron chi connectivity index (χ0n) is 16.3. The van der Waals surface area contributed by atoms with E-state index in [4.69, 9.17) is 14.1 Å². The van der Waals surface area contributed by atoms with E-state index >= 15 is 0 Å². The number of anilines is 1. The van der Waals surface area contributed by atoms with Crippen molar-refractivity contribution in [1.29, 1.82) is 0 Å². The summed E-state index contributed by atoms with van der Waals surface area (Å²) in [6.07, 6.45) is 3.72. The summed E-state index contributed by atoms with van der Waals surface area (Å²) in [4.78, 5) is 7.21. The lowest BCUT2D eigenvalue weighted by Crippen LogP contribution is -2.38. The number of nitrogens with zero attached hydrogens (tertiary/aromatic N) is 2. The van der Waals surface area contributed by atoms with E-state index in [0.29, 0.717) is 5.92 Å². The first-order valence-corrected chi connectivity index (χ1v) is 9.72. The summed E-state index contributed by atoms with van der Waals surface area (Å²) in [5.74, 6) is 3.34. The number of hydrogen-bond acceptors (Lipinski definition) is 4. The first kappa shape index (κ1) is 19.1. The standard InChI is InChI=1S/C21H30N4O2/c1-3-22-21(23-11-9-19-8-5-13-27-19)24-15-17-10-12-25(16-17)18-6-4-7-20(14-18)26-2/h4-8,13-14,17H,3,9-12,15-16H2,1-2H3,(H2,22,23,24). The van der Waals surface area contributed by atoms with E-state index in [1.165, 1.54) is 5.69 Å². The van der Waals surface area contributed by atoms with Crippen molar-refractivity contribution in [2.24, 2.45) is 10.9 Å². The number of nitrogens with one attached hydrogen (secondary N) is 2. The molecule has 0 amide bonds. The topological polar surface area (TPSA) is 62.0 Å². The Labute approximate surface area is 161 Å². The average molecular weight is 370 g/mol. The number of furan rings is 1. The molecular weight excluding hydrogens is 340 g/mol. The highest BCUT2D eigenvalue weighted by molar-refractivity contribution is 5.79. The van der Waals surface area contributed by atoms with Crippen molar-refractivity contribution in [3.05, 3.63) is 48.4 Å². The Hall–Kier alpha value is -2.63. The Morgan fingerprint density at radius 1 is 1.30 bits per heavy atom. The van der Waals surface area contributed by atoms with Gasteiger partial charge in [-0.2, -0.15) is 0 Å². The number of rotatable bonds is 8. The van der Waals surface area contributed by atoms with Crippen molar-refractivity contribution in [3.8, 4) is 5.75 Å². The van der Waals surface area contributed by atoms with Crippen LogP contribution >= 0.6 is 0 Å². The first-order chi connectivity index (χ1) is 13.3. The van der Waals surface area contributed by atoms with Crippen LogP contribution < -0.4 is 20.3 Å². The second-order valence-corrected chi connectivity index (χ2v) is 6.78. The zero-order chi connectivity index (χ0) is 18.9. The Morgan fingerprint density at radius 2 is 2.22 bits per heavy atom. The summed E-state index contributed by atoms with van der Waals surface area (Å²) in [6, 6.07) is 12.2. The van der Waals surface area contributed by atoms with E-state index in [9.17, 15) is 0 Å². The summed E-state index contributed by atoms with van der Waals surface area (Å²) in [6.45, 7) is 6.67. The molecule has 27 heavy (non-hydrogen) atoms. The molecule has 146 valence electrons. The molecule has 6 nitrogen and oxygen atoms in total. The van der Waals surface area contributed by atoms with Crippen molar-refractivity contribution in [3.63, 3.8) is 0 Å². The molecule has 3 rings (SSSR count). The van der Waals surface area contributed by atoms with Gasteiger partial charge in [0.2, 0.25) is 0 Å². The van der Waals surface area contributed by atoms with E-state index < -0.39 is 0 Å². The third kappa shape index (κ3) is 5.67. The third-order valence-corrected chi connectivity index (χ3v) is 4.80. The number of methoxy groups -OCH3 is 1. The van der Waals surface area contributed by atoms with Crippen LogP contribution in [0.4, 0.5) is 5.69 Å². The fourth-order valence-corrected chi connectivity index (χ4v) is 3.34. The van der Waals surface area contributed by atoms with Crippen LogP contribution in [0.3, 0.4) is 0 Å². The Kier molecular flexibility index (Phi) is 7.02. The monoisotopic (exact) mass is 370 g/mol. The third-order valence-electron chi connectivity index (χ3n) is 4.80. The van der Waals surface area contributed by atoms with Crippen molar-refractivity contribution >= 4 is 11.6 Å². The van der Waals surface area contributed by atoms with Crippen molar-refractivity contribution in [2.75, 3.05) is 44.7 Å². The highest BCUT2D eigenvalue weighted by Crippen LogP contribution is 2.26. The quantitative estimate of drug-likeness (QED) is 0.553. The van der Waals surface area contributed by atoms with E-state index in [0.717, 1.165) is 63.0 Å². The minimum atomic E-state index is 0.566. The molecule has 1 aliphatic rings. The Bertz CT molecular complexity index is 715. The summed E-state index contributed by atoms with van der Waals surface area (Å²) >= 11 is 0. The molecule has 2 aromatic rings. The first-order valence-electron chi connectivity index (χ1n) is 9.72. The van der Waals surface area contributed by atoms with Crippen LogP contribution in [0.1, 0.15) is 19.1 Å². The molecular formula is C21H30N4O2. The summed E-state index contributed by atoms with van der Waals surface area (Å²) in [5.41, 5.74) is 1.23. The molecule has 1 aromatic carbocycles. The van der Waals surface area contributed by atoms with Crippen molar-refractivity contribution in [2.45, 2.75) is 19.8 Å². The molecule has 1 saturated heterocycles. The van der Waals surface area contributed by atoms with Crippen LogP contribution in [-0.2, 0) is 6.42 Å². The lowest BCUT2D eigenvalue weighted by atomic mass is 10.1. The predicted octanol–water partition coefficient (Wildman–Crippen LogP) is 2.91. The van der Waals surface area contributed by atoms with Crippen LogP contribution in [0.15, 0.2) is 52.1 Å². The smallest absolute Gasteiger partial charge is 0.191 e. The van der Waals surface area contributed by atoms with Gasteiger partial charge >= 0.3 is 0 Å². The maximum atomic E-state index is 5.37. The van der Waals surface area contributed by atoms with Gasteiger partial charge in [-0.25, -0.2) is 0 Å². The van der Waals surface area contributed by atoms with Gasteiger partial charge in [-0.3, -0.25) is 4.99 Å². The largest absolute Gasteiger partial charge is 0.497 e. The second-order valence-electron chi connectivity index (χ2n) is 6.78. The summed E-state index contributed by atoms with van der Waals surface area (Å²) in [7, 11) is 1.71. The maximum Gasteiger partial charge on any atom is 0.191 e. The van der Waals surface area contributed by atoms with Gasteiger partial charge in [-0.05, 0) is 43.5 Å². The number of hydrogen-bond donors (Lipinski definition) is 2. The van der Waals surface area contributed by atoms with Gasteiger partial charge in [0, 0.05) is 50.9 Å². The molecule has 0 saturated carbocycles. The number of guanidine groups is 1. The molecule has 1 aliphatic heterocycles. The van der Waals surface area contributed by atoms with E-state index in [1.54, 1.807) is 13.4 Å². The molecule has 6 heteroatoms. The molecule has 0 spiro atoms. The molecule has 1 aromatic heterocycles. The van der Waals surface area contributed by atoms with Gasteiger partial charge in [-0.1, -0.05) is 6.07 Å². The molecule has 2 heterocycles. The normalized spacial score (nSPS) is 17.2. The molecule has 2 N–H and O–H groups in total. The fraction of sp³-hybridized carbons (Fsp3) is 0.476. The minimum Gasteiger partial charge on any atom is -0.497 e. The lowest BCUT2D eigenvalue weighted by molar-refractivity contribution is 0.415. The van der Waals surface area contributed by atoms with Gasteiger partial charge in [0.1, 0.15) is 11.5 Å². The number of ether oxygens (including phenoxy) is 1. The number of aliphatic imine (C=N–C) groups is 1. The van der Waals surface area contributed by atoms with Crippen LogP contribution in [0.25, 0.3) is 0 Å². The van der Waals surface area contributed by atoms with Gasteiger partial charge in [0.05, 0.1) is 13.4 Å². The van der Waals surface area contributed by atoms with Gasteiger partial charge in [-0.15, -0.1) is 0 Å². The molecule has 1 fully saturated rings. The van der Waals surface area contributed by atoms with Crippen LogP contribution in [0, 0.1) is 5.92 Å². The van der Waals surface area contributed by atoms with Crippen LogP contribution in [-0.4, -0.2) is 45.8 Å². The van der Waals surface area contributed by atoms with Gasteiger partial charge < -0.3 is 24.7 Å². The molecule has 1 atom stereocenters. The zero-order valence-corrected chi connectivity index (χ0v) is 16.3. The van der Waals surface area contributed by atoms with Crippen molar-refractivity contribution < 1.29 is 9.15 Å². The minimum absolute atomic E-state index is 0.566. The number of benzene rings is 1. The van der Waals surface area contributed by atoms with Gasteiger partial charge in [0.25, 0.3) is 0 Å². The van der Waals surface area contributed by atoms with Crippen LogP contribution in [0.2, 0.25) is 0 Å². The molecule has 0 bridgehead atoms. The lowest BCUT2D eigenvalue weighted by Gasteiger charge is -2.19. The second kappa shape index (κ2) is 9.90.